The first kappa shape index (κ1) is 18.5. The molecular weight excluding hydrogens is 321 g/mol. The normalized spacial score (nSPS) is 12.0. The van der Waals surface area contributed by atoms with Crippen LogP contribution in [0, 0.1) is 19.7 Å². The van der Waals surface area contributed by atoms with E-state index in [1.54, 1.807) is 12.1 Å². The minimum atomic E-state index is -0.216. The summed E-state index contributed by atoms with van der Waals surface area (Å²) < 4.78 is 13.6. The number of rotatable bonds is 7. The number of nitrogens with one attached hydrogen (secondary N) is 1. The highest BCUT2D eigenvalue weighted by Gasteiger charge is 2.15. The van der Waals surface area contributed by atoms with Gasteiger partial charge in [-0.25, -0.2) is 4.39 Å². The molecule has 0 aliphatic carbocycles. The SMILES string of the molecule is CCC(NC(=O)CSCc1ccccc1F)c1ccc(C)cc1C. The molecule has 0 aromatic heterocycles. The van der Waals surface area contributed by atoms with Gasteiger partial charge in [-0.05, 0) is 43.0 Å². The van der Waals surface area contributed by atoms with Gasteiger partial charge in [0.05, 0.1) is 11.8 Å². The van der Waals surface area contributed by atoms with Crippen LogP contribution < -0.4 is 5.32 Å². The minimum Gasteiger partial charge on any atom is -0.349 e. The zero-order chi connectivity index (χ0) is 17.5. The molecule has 0 saturated carbocycles. The molecule has 128 valence electrons. The van der Waals surface area contributed by atoms with E-state index in [0.717, 1.165) is 12.0 Å². The van der Waals surface area contributed by atoms with E-state index < -0.39 is 0 Å². The lowest BCUT2D eigenvalue weighted by Crippen LogP contribution is -2.30. The van der Waals surface area contributed by atoms with Gasteiger partial charge in [0, 0.05) is 5.75 Å². The van der Waals surface area contributed by atoms with E-state index in [1.165, 1.54) is 29.0 Å². The van der Waals surface area contributed by atoms with Gasteiger partial charge in [0.15, 0.2) is 0 Å². The van der Waals surface area contributed by atoms with Crippen LogP contribution in [0.1, 0.15) is 41.6 Å². The number of carbonyl (C=O) groups excluding carboxylic acids is 1. The van der Waals surface area contributed by atoms with Crippen molar-refractivity contribution in [3.05, 3.63) is 70.5 Å². The third-order valence-corrected chi connectivity index (χ3v) is 4.97. The van der Waals surface area contributed by atoms with Crippen LogP contribution in [-0.4, -0.2) is 11.7 Å². The molecule has 4 heteroatoms. The van der Waals surface area contributed by atoms with Gasteiger partial charge in [-0.15, -0.1) is 11.8 Å². The Hall–Kier alpha value is -1.81. The Bertz CT molecular complexity index is 702. The quantitative estimate of drug-likeness (QED) is 0.770. The Morgan fingerprint density at radius 3 is 2.62 bits per heavy atom. The fraction of sp³-hybridized carbons (Fsp3) is 0.350. The highest BCUT2D eigenvalue weighted by Crippen LogP contribution is 2.22. The second-order valence-electron chi connectivity index (χ2n) is 5.97. The average Bonchev–Trinajstić information content (AvgIpc) is 2.55. The molecule has 1 atom stereocenters. The van der Waals surface area contributed by atoms with Crippen LogP contribution in [0.25, 0.3) is 0 Å². The topological polar surface area (TPSA) is 29.1 Å². The molecule has 0 aliphatic heterocycles. The van der Waals surface area contributed by atoms with Crippen LogP contribution >= 0.6 is 11.8 Å². The minimum absolute atomic E-state index is 0.0110. The average molecular weight is 345 g/mol. The van der Waals surface area contributed by atoms with Crippen molar-refractivity contribution in [1.82, 2.24) is 5.32 Å². The van der Waals surface area contributed by atoms with Crippen LogP contribution in [0.5, 0.6) is 0 Å². The summed E-state index contributed by atoms with van der Waals surface area (Å²) in [7, 11) is 0. The lowest BCUT2D eigenvalue weighted by atomic mass is 9.97. The molecule has 0 heterocycles. The van der Waals surface area contributed by atoms with Crippen molar-refractivity contribution in [2.75, 3.05) is 5.75 Å². The van der Waals surface area contributed by atoms with E-state index in [4.69, 9.17) is 0 Å². The van der Waals surface area contributed by atoms with Crippen molar-refractivity contribution in [3.8, 4) is 0 Å². The largest absolute Gasteiger partial charge is 0.349 e. The first-order chi connectivity index (χ1) is 11.5. The first-order valence-electron chi connectivity index (χ1n) is 8.19. The standard InChI is InChI=1S/C20H24FNOS/c1-4-19(17-10-9-14(2)11-15(17)3)22-20(23)13-24-12-16-7-5-6-8-18(16)21/h5-11,19H,4,12-13H2,1-3H3,(H,22,23). The molecule has 0 radical (unpaired) electrons. The van der Waals surface area contributed by atoms with Crippen LogP contribution in [0.3, 0.4) is 0 Å². The second-order valence-corrected chi connectivity index (χ2v) is 6.96. The highest BCUT2D eigenvalue weighted by atomic mass is 32.2. The molecule has 2 rings (SSSR count). The van der Waals surface area contributed by atoms with Gasteiger partial charge in [-0.2, -0.15) is 0 Å². The van der Waals surface area contributed by atoms with E-state index in [-0.39, 0.29) is 17.8 Å². The number of amides is 1. The number of benzene rings is 2. The summed E-state index contributed by atoms with van der Waals surface area (Å²) in [5.74, 6) is 0.603. The summed E-state index contributed by atoms with van der Waals surface area (Å²) in [6, 6.07) is 13.0. The summed E-state index contributed by atoms with van der Waals surface area (Å²) >= 11 is 1.43. The highest BCUT2D eigenvalue weighted by molar-refractivity contribution is 7.99. The van der Waals surface area contributed by atoms with Gasteiger partial charge in [0.2, 0.25) is 5.91 Å². The number of aryl methyl sites for hydroxylation is 2. The van der Waals surface area contributed by atoms with Crippen molar-refractivity contribution in [2.45, 2.75) is 39.0 Å². The third-order valence-electron chi connectivity index (χ3n) is 3.99. The summed E-state index contributed by atoms with van der Waals surface area (Å²) in [4.78, 5) is 12.2. The molecule has 0 bridgehead atoms. The Balaban J connectivity index is 1.89. The smallest absolute Gasteiger partial charge is 0.230 e. The molecule has 0 fully saturated rings. The van der Waals surface area contributed by atoms with Crippen molar-refractivity contribution in [3.63, 3.8) is 0 Å². The maximum Gasteiger partial charge on any atom is 0.230 e. The maximum absolute atomic E-state index is 13.6. The molecule has 24 heavy (non-hydrogen) atoms. The van der Waals surface area contributed by atoms with E-state index in [2.05, 4.69) is 44.3 Å². The van der Waals surface area contributed by atoms with Crippen LogP contribution in [-0.2, 0) is 10.5 Å². The van der Waals surface area contributed by atoms with Crippen molar-refractivity contribution in [2.24, 2.45) is 0 Å². The third kappa shape index (κ3) is 5.10. The fourth-order valence-electron chi connectivity index (χ4n) is 2.72. The van der Waals surface area contributed by atoms with E-state index in [9.17, 15) is 9.18 Å². The summed E-state index contributed by atoms with van der Waals surface area (Å²) in [6.45, 7) is 6.20. The second kappa shape index (κ2) is 8.88. The van der Waals surface area contributed by atoms with Gasteiger partial charge >= 0.3 is 0 Å². The van der Waals surface area contributed by atoms with Gasteiger partial charge in [0.1, 0.15) is 5.82 Å². The lowest BCUT2D eigenvalue weighted by molar-refractivity contribution is -0.119. The number of halogens is 1. The van der Waals surface area contributed by atoms with E-state index in [0.29, 0.717) is 17.1 Å². The Labute approximate surface area is 147 Å². The Morgan fingerprint density at radius 1 is 1.21 bits per heavy atom. The number of hydrogen-bond donors (Lipinski definition) is 1. The van der Waals surface area contributed by atoms with Gasteiger partial charge < -0.3 is 5.32 Å². The first-order valence-corrected chi connectivity index (χ1v) is 9.34. The van der Waals surface area contributed by atoms with Crippen molar-refractivity contribution in [1.29, 1.82) is 0 Å². The van der Waals surface area contributed by atoms with Gasteiger partial charge in [-0.3, -0.25) is 4.79 Å². The van der Waals surface area contributed by atoms with Crippen LogP contribution in [0.2, 0.25) is 0 Å². The van der Waals surface area contributed by atoms with E-state index in [1.807, 2.05) is 6.07 Å². The monoisotopic (exact) mass is 345 g/mol. The van der Waals surface area contributed by atoms with Crippen LogP contribution in [0.4, 0.5) is 4.39 Å². The van der Waals surface area contributed by atoms with Crippen LogP contribution in [0.15, 0.2) is 42.5 Å². The Morgan fingerprint density at radius 2 is 1.96 bits per heavy atom. The summed E-state index contributed by atoms with van der Waals surface area (Å²) in [5, 5.41) is 3.09. The number of carbonyl (C=O) groups is 1. The summed E-state index contributed by atoms with van der Waals surface area (Å²) in [6.07, 6.45) is 0.841. The zero-order valence-corrected chi connectivity index (χ0v) is 15.3. The molecule has 1 N–H and O–H groups in total. The molecule has 2 aromatic carbocycles. The predicted octanol–water partition coefficient (Wildman–Crippen LogP) is 4.94. The summed E-state index contributed by atoms with van der Waals surface area (Å²) in [5.41, 5.74) is 4.21. The molecule has 0 saturated heterocycles. The van der Waals surface area contributed by atoms with Gasteiger partial charge in [0.25, 0.3) is 0 Å². The molecule has 2 nitrogen and oxygen atoms in total. The lowest BCUT2D eigenvalue weighted by Gasteiger charge is -2.20. The van der Waals surface area contributed by atoms with Crippen molar-refractivity contribution >= 4 is 17.7 Å². The molecule has 0 aliphatic rings. The molecular formula is C20H24FNOS. The molecule has 1 unspecified atom stereocenters. The van der Waals surface area contributed by atoms with Gasteiger partial charge in [-0.1, -0.05) is 48.9 Å². The van der Waals surface area contributed by atoms with E-state index >= 15 is 0 Å². The number of hydrogen-bond acceptors (Lipinski definition) is 2. The zero-order valence-electron chi connectivity index (χ0n) is 14.4. The maximum atomic E-state index is 13.6. The predicted molar refractivity (Wildman–Crippen MR) is 99.7 cm³/mol. The van der Waals surface area contributed by atoms with Crippen molar-refractivity contribution < 1.29 is 9.18 Å². The fourth-order valence-corrected chi connectivity index (χ4v) is 3.55. The molecule has 1 amide bonds. The molecule has 0 spiro atoms. The molecule has 2 aromatic rings. The Kier molecular flexibility index (Phi) is 6.85. The number of thioether (sulfide) groups is 1.